The van der Waals surface area contributed by atoms with Gasteiger partial charge in [-0.1, -0.05) is 29.8 Å². The van der Waals surface area contributed by atoms with E-state index in [0.29, 0.717) is 24.7 Å². The highest BCUT2D eigenvalue weighted by atomic mass is 35.5. The molecule has 5 nitrogen and oxygen atoms in total. The average Bonchev–Trinajstić information content (AvgIpc) is 2.49. The van der Waals surface area contributed by atoms with Crippen LogP contribution in [-0.2, 0) is 0 Å². The molecule has 6 heteroatoms. The Morgan fingerprint density at radius 1 is 1.05 bits per heavy atom. The van der Waals surface area contributed by atoms with E-state index in [1.807, 2.05) is 30.3 Å². The lowest BCUT2D eigenvalue weighted by molar-refractivity contribution is -0.385. The maximum absolute atomic E-state index is 10.9. The number of nitro benzene ring substituents is 1. The molecule has 2 aromatic rings. The highest BCUT2D eigenvalue weighted by Crippen LogP contribution is 2.29. The van der Waals surface area contributed by atoms with Crippen molar-refractivity contribution in [3.63, 3.8) is 0 Å². The first-order valence-corrected chi connectivity index (χ1v) is 6.79. The van der Waals surface area contributed by atoms with Gasteiger partial charge < -0.3 is 9.47 Å². The molecule has 0 spiro atoms. The lowest BCUT2D eigenvalue weighted by atomic mass is 10.3. The molecule has 0 aliphatic carbocycles. The third kappa shape index (κ3) is 4.65. The third-order valence-corrected chi connectivity index (χ3v) is 2.91. The van der Waals surface area contributed by atoms with E-state index in [9.17, 15) is 10.1 Å². The van der Waals surface area contributed by atoms with Gasteiger partial charge in [-0.25, -0.2) is 0 Å². The minimum atomic E-state index is -0.512. The molecule has 0 unspecified atom stereocenters. The summed E-state index contributed by atoms with van der Waals surface area (Å²) < 4.78 is 10.9. The van der Waals surface area contributed by atoms with Crippen LogP contribution < -0.4 is 9.47 Å². The largest absolute Gasteiger partial charge is 0.493 e. The molecule has 0 heterocycles. The molecule has 21 heavy (non-hydrogen) atoms. The molecule has 0 saturated heterocycles. The zero-order chi connectivity index (χ0) is 15.1. The van der Waals surface area contributed by atoms with Crippen molar-refractivity contribution >= 4 is 17.3 Å². The highest BCUT2D eigenvalue weighted by Gasteiger charge is 2.15. The van der Waals surface area contributed by atoms with Gasteiger partial charge in [-0.05, 0) is 24.3 Å². The van der Waals surface area contributed by atoms with Gasteiger partial charge in [0.05, 0.1) is 18.1 Å². The summed E-state index contributed by atoms with van der Waals surface area (Å²) in [7, 11) is 0. The van der Waals surface area contributed by atoms with Crippen LogP contribution in [0.3, 0.4) is 0 Å². The van der Waals surface area contributed by atoms with Crippen molar-refractivity contribution in [3.8, 4) is 11.5 Å². The molecule has 0 N–H and O–H groups in total. The predicted molar refractivity (Wildman–Crippen MR) is 80.2 cm³/mol. The average molecular weight is 308 g/mol. The van der Waals surface area contributed by atoms with Crippen molar-refractivity contribution in [2.24, 2.45) is 0 Å². The summed E-state index contributed by atoms with van der Waals surface area (Å²) in [6.45, 7) is 0.806. The molecule has 0 fully saturated rings. The van der Waals surface area contributed by atoms with E-state index in [1.54, 1.807) is 6.07 Å². The number of nitro groups is 1. The minimum absolute atomic E-state index is 0.133. The van der Waals surface area contributed by atoms with E-state index in [2.05, 4.69) is 0 Å². The number of halogens is 1. The fraction of sp³-hybridized carbons (Fsp3) is 0.200. The molecule has 2 aromatic carbocycles. The Hall–Kier alpha value is -2.27. The molecule has 0 bridgehead atoms. The second-order valence-corrected chi connectivity index (χ2v) is 4.67. The van der Waals surface area contributed by atoms with Gasteiger partial charge in [0, 0.05) is 17.5 Å². The predicted octanol–water partition coefficient (Wildman–Crippen LogP) is 4.10. The maximum Gasteiger partial charge on any atom is 0.312 e. The van der Waals surface area contributed by atoms with E-state index in [0.717, 1.165) is 5.75 Å². The van der Waals surface area contributed by atoms with Crippen molar-refractivity contribution in [1.82, 2.24) is 0 Å². The molecule has 0 aromatic heterocycles. The quantitative estimate of drug-likeness (QED) is 0.439. The monoisotopic (exact) mass is 307 g/mol. The number of para-hydroxylation sites is 1. The molecule has 0 saturated carbocycles. The fourth-order valence-electron chi connectivity index (χ4n) is 1.70. The number of hydrogen-bond acceptors (Lipinski definition) is 4. The van der Waals surface area contributed by atoms with Gasteiger partial charge in [0.1, 0.15) is 5.75 Å². The normalized spacial score (nSPS) is 10.1. The molecule has 2 rings (SSSR count). The van der Waals surface area contributed by atoms with Crippen LogP contribution in [0.25, 0.3) is 0 Å². The molecule has 0 atom stereocenters. The number of benzene rings is 2. The van der Waals surface area contributed by atoms with Gasteiger partial charge in [0.2, 0.25) is 0 Å². The van der Waals surface area contributed by atoms with Crippen LogP contribution in [0.1, 0.15) is 6.42 Å². The lowest BCUT2D eigenvalue weighted by Gasteiger charge is -2.08. The standard InChI is InChI=1S/C15H14ClNO4/c16-12-7-8-15(14(11-12)17(18)19)21-10-4-9-20-13-5-2-1-3-6-13/h1-3,5-8,11H,4,9-10H2. The van der Waals surface area contributed by atoms with Gasteiger partial charge in [0.15, 0.2) is 5.75 Å². The lowest BCUT2D eigenvalue weighted by Crippen LogP contribution is -2.06. The summed E-state index contributed by atoms with van der Waals surface area (Å²) in [5, 5.41) is 11.2. The Balaban J connectivity index is 1.80. The Kier molecular flexibility index (Phi) is 5.40. The van der Waals surface area contributed by atoms with Gasteiger partial charge in [-0.2, -0.15) is 0 Å². The number of nitrogens with zero attached hydrogens (tertiary/aromatic N) is 1. The van der Waals surface area contributed by atoms with Crippen LogP contribution in [0.5, 0.6) is 11.5 Å². The number of rotatable bonds is 7. The first-order chi connectivity index (χ1) is 10.2. The van der Waals surface area contributed by atoms with E-state index in [4.69, 9.17) is 21.1 Å². The number of ether oxygens (including phenoxy) is 2. The topological polar surface area (TPSA) is 61.6 Å². The van der Waals surface area contributed by atoms with E-state index in [1.165, 1.54) is 12.1 Å². The summed E-state index contributed by atoms with van der Waals surface area (Å²) >= 11 is 5.73. The molecular weight excluding hydrogens is 294 g/mol. The Morgan fingerprint density at radius 3 is 2.48 bits per heavy atom. The molecule has 110 valence electrons. The SMILES string of the molecule is O=[N+]([O-])c1cc(Cl)ccc1OCCCOc1ccccc1. The molecule has 0 amide bonds. The third-order valence-electron chi connectivity index (χ3n) is 2.68. The Labute approximate surface area is 127 Å². The van der Waals surface area contributed by atoms with Crippen LogP contribution in [0, 0.1) is 10.1 Å². The highest BCUT2D eigenvalue weighted by molar-refractivity contribution is 6.30. The number of hydrogen-bond donors (Lipinski definition) is 0. The first kappa shape index (κ1) is 15.1. The van der Waals surface area contributed by atoms with Crippen LogP contribution in [0.4, 0.5) is 5.69 Å². The van der Waals surface area contributed by atoms with E-state index in [-0.39, 0.29) is 11.4 Å². The second-order valence-electron chi connectivity index (χ2n) is 4.23. The van der Waals surface area contributed by atoms with Gasteiger partial charge >= 0.3 is 5.69 Å². The van der Waals surface area contributed by atoms with Crippen molar-refractivity contribution in [2.75, 3.05) is 13.2 Å². The zero-order valence-electron chi connectivity index (χ0n) is 11.2. The summed E-state index contributed by atoms with van der Waals surface area (Å²) in [5.41, 5.74) is -0.133. The van der Waals surface area contributed by atoms with Crippen LogP contribution >= 0.6 is 11.6 Å². The zero-order valence-corrected chi connectivity index (χ0v) is 12.0. The molecule has 0 aliphatic rings. The van der Waals surface area contributed by atoms with Crippen molar-refractivity contribution in [1.29, 1.82) is 0 Å². The molecular formula is C15H14ClNO4. The summed E-state index contributed by atoms with van der Waals surface area (Å²) in [4.78, 5) is 10.4. The Morgan fingerprint density at radius 2 is 1.76 bits per heavy atom. The van der Waals surface area contributed by atoms with Crippen molar-refractivity contribution in [2.45, 2.75) is 6.42 Å². The Bertz CT molecular complexity index is 604. The van der Waals surface area contributed by atoms with Crippen molar-refractivity contribution < 1.29 is 14.4 Å². The van der Waals surface area contributed by atoms with Crippen LogP contribution in [0.15, 0.2) is 48.5 Å². The van der Waals surface area contributed by atoms with E-state index < -0.39 is 4.92 Å². The van der Waals surface area contributed by atoms with Gasteiger partial charge in [-0.15, -0.1) is 0 Å². The van der Waals surface area contributed by atoms with Crippen LogP contribution in [-0.4, -0.2) is 18.1 Å². The van der Waals surface area contributed by atoms with Crippen molar-refractivity contribution in [3.05, 3.63) is 63.7 Å². The summed E-state index contributed by atoms with van der Waals surface area (Å²) in [6, 6.07) is 13.8. The summed E-state index contributed by atoms with van der Waals surface area (Å²) in [6.07, 6.45) is 0.620. The van der Waals surface area contributed by atoms with Gasteiger partial charge in [0.25, 0.3) is 0 Å². The summed E-state index contributed by atoms with van der Waals surface area (Å²) in [5.74, 6) is 0.999. The fourth-order valence-corrected chi connectivity index (χ4v) is 1.87. The molecule has 0 aliphatic heterocycles. The maximum atomic E-state index is 10.9. The molecule has 0 radical (unpaired) electrons. The second kappa shape index (κ2) is 7.50. The smallest absolute Gasteiger partial charge is 0.312 e. The van der Waals surface area contributed by atoms with E-state index >= 15 is 0 Å². The minimum Gasteiger partial charge on any atom is -0.493 e. The van der Waals surface area contributed by atoms with Gasteiger partial charge in [-0.3, -0.25) is 10.1 Å². The first-order valence-electron chi connectivity index (χ1n) is 6.41. The van der Waals surface area contributed by atoms with Crippen LogP contribution in [0.2, 0.25) is 5.02 Å².